The first kappa shape index (κ1) is 15.5. The average molecular weight is 248 g/mol. The maximum absolute atomic E-state index is 10.6. The Morgan fingerprint density at radius 3 is 2.00 bits per heavy atom. The van der Waals surface area contributed by atoms with Crippen LogP contribution in [0.25, 0.3) is 0 Å². The van der Waals surface area contributed by atoms with Crippen LogP contribution in [0.5, 0.6) is 0 Å². The van der Waals surface area contributed by atoms with Crippen molar-refractivity contribution in [3.05, 3.63) is 35.9 Å². The van der Waals surface area contributed by atoms with Gasteiger partial charge >= 0.3 is 0 Å². The number of aldehydes is 1. The topological polar surface area (TPSA) is 34.1 Å². The molecule has 1 saturated heterocycles. The van der Waals surface area contributed by atoms with Crippen LogP contribution >= 0.6 is 11.8 Å². The molecule has 0 unspecified atom stereocenters. The Hall–Kier alpha value is -1.53. The van der Waals surface area contributed by atoms with Gasteiger partial charge in [0.2, 0.25) is 0 Å². The molecule has 0 N–H and O–H groups in total. The molecule has 0 saturated carbocycles. The van der Waals surface area contributed by atoms with Gasteiger partial charge in [-0.2, -0.15) is 11.8 Å². The van der Waals surface area contributed by atoms with Crippen molar-refractivity contribution in [2.75, 3.05) is 11.5 Å². The average Bonchev–Trinajstić information content (AvgIpc) is 2.32. The third-order valence-corrected chi connectivity index (χ3v) is 3.36. The molecule has 1 aliphatic rings. The smallest absolute Gasteiger partial charge is 0.159 e. The van der Waals surface area contributed by atoms with Crippen LogP contribution in [-0.4, -0.2) is 23.6 Å². The normalized spacial score (nSPS) is 12.9. The first-order valence-corrected chi connectivity index (χ1v) is 6.32. The van der Waals surface area contributed by atoms with Crippen molar-refractivity contribution in [3.8, 4) is 12.8 Å². The molecule has 1 heterocycles. The number of hydrogen-bond acceptors (Lipinski definition) is 3. The molecular formula is C14H16O2S. The predicted molar refractivity (Wildman–Crippen MR) is 73.2 cm³/mol. The monoisotopic (exact) mass is 248 g/mol. The molecule has 0 amide bonds. The molecule has 17 heavy (non-hydrogen) atoms. The van der Waals surface area contributed by atoms with Crippen molar-refractivity contribution in [2.45, 2.75) is 6.92 Å². The summed E-state index contributed by atoms with van der Waals surface area (Å²) in [5, 5.41) is 0. The van der Waals surface area contributed by atoms with E-state index in [0.717, 1.165) is 23.4 Å². The molecule has 2 nitrogen and oxygen atoms in total. The summed E-state index contributed by atoms with van der Waals surface area (Å²) in [5.74, 6) is 2.64. The minimum Gasteiger partial charge on any atom is -0.303 e. The molecule has 1 aromatic rings. The summed E-state index contributed by atoms with van der Waals surface area (Å²) in [6.07, 6.45) is 9.04. The summed E-state index contributed by atoms with van der Waals surface area (Å²) >= 11 is 1.84. The van der Waals surface area contributed by atoms with E-state index in [1.165, 1.54) is 0 Å². The van der Waals surface area contributed by atoms with Gasteiger partial charge in [0.25, 0.3) is 0 Å². The Morgan fingerprint density at radius 2 is 1.82 bits per heavy atom. The molecule has 90 valence electrons. The standard InChI is InChI=1S/C8H8O.C4H6OS.C2H2/c1-7(9)8-5-3-2-4-6-8;5-1-4-2-6-3-4;1-2/h2-6H,1H3;1,4H,2-3H2;1-2H. The van der Waals surface area contributed by atoms with E-state index in [9.17, 15) is 9.59 Å². The molecule has 1 aliphatic heterocycles. The summed E-state index contributed by atoms with van der Waals surface area (Å²) in [6, 6.07) is 9.23. The number of rotatable bonds is 2. The molecular weight excluding hydrogens is 232 g/mol. The Morgan fingerprint density at radius 1 is 1.29 bits per heavy atom. The summed E-state index contributed by atoms with van der Waals surface area (Å²) < 4.78 is 0. The van der Waals surface area contributed by atoms with E-state index in [-0.39, 0.29) is 5.78 Å². The van der Waals surface area contributed by atoms with Crippen molar-refractivity contribution in [3.63, 3.8) is 0 Å². The maximum atomic E-state index is 10.6. The summed E-state index contributed by atoms with van der Waals surface area (Å²) in [5.41, 5.74) is 0.775. The zero-order chi connectivity index (χ0) is 13.1. The molecule has 1 fully saturated rings. The zero-order valence-corrected chi connectivity index (χ0v) is 10.7. The highest BCUT2D eigenvalue weighted by Gasteiger charge is 2.15. The lowest BCUT2D eigenvalue weighted by molar-refractivity contribution is -0.110. The van der Waals surface area contributed by atoms with E-state index in [1.807, 2.05) is 42.1 Å². The van der Waals surface area contributed by atoms with Crippen LogP contribution in [-0.2, 0) is 4.79 Å². The predicted octanol–water partition coefficient (Wildman–Crippen LogP) is 2.69. The molecule has 0 bridgehead atoms. The highest BCUT2D eigenvalue weighted by molar-refractivity contribution is 8.00. The molecule has 0 atom stereocenters. The lowest BCUT2D eigenvalue weighted by Crippen LogP contribution is -2.18. The van der Waals surface area contributed by atoms with E-state index in [4.69, 9.17) is 0 Å². The SMILES string of the molecule is C#C.CC(=O)c1ccccc1.O=CC1CSC1. The van der Waals surface area contributed by atoms with E-state index in [0.29, 0.717) is 5.92 Å². The maximum Gasteiger partial charge on any atom is 0.159 e. The van der Waals surface area contributed by atoms with E-state index in [2.05, 4.69) is 12.8 Å². The van der Waals surface area contributed by atoms with E-state index < -0.39 is 0 Å². The number of ketones is 1. The lowest BCUT2D eigenvalue weighted by Gasteiger charge is -2.17. The van der Waals surface area contributed by atoms with Crippen LogP contribution in [0.2, 0.25) is 0 Å². The highest BCUT2D eigenvalue weighted by Crippen LogP contribution is 2.21. The Labute approximate surface area is 107 Å². The number of carbonyl (C=O) groups excluding carboxylic acids is 2. The van der Waals surface area contributed by atoms with Crippen molar-refractivity contribution in [1.29, 1.82) is 0 Å². The molecule has 3 heteroatoms. The first-order valence-electron chi connectivity index (χ1n) is 5.16. The van der Waals surface area contributed by atoms with E-state index in [1.54, 1.807) is 6.92 Å². The van der Waals surface area contributed by atoms with Gasteiger partial charge in [-0.3, -0.25) is 4.79 Å². The number of terminal acetylenes is 1. The quantitative estimate of drug-likeness (QED) is 0.458. The number of hydrogen-bond donors (Lipinski definition) is 0. The number of thioether (sulfide) groups is 1. The minimum atomic E-state index is 0.121. The zero-order valence-electron chi connectivity index (χ0n) is 9.84. The van der Waals surface area contributed by atoms with Gasteiger partial charge in [-0.25, -0.2) is 0 Å². The minimum absolute atomic E-state index is 0.121. The lowest BCUT2D eigenvalue weighted by atomic mass is 10.2. The van der Waals surface area contributed by atoms with Gasteiger partial charge in [0.05, 0.1) is 0 Å². The van der Waals surface area contributed by atoms with Crippen LogP contribution in [0.4, 0.5) is 0 Å². The third-order valence-electron chi connectivity index (χ3n) is 2.04. The van der Waals surface area contributed by atoms with Crippen LogP contribution < -0.4 is 0 Å². The Bertz CT molecular complexity index is 353. The van der Waals surface area contributed by atoms with Crippen LogP contribution in [0.15, 0.2) is 30.3 Å². The summed E-state index contributed by atoms with van der Waals surface area (Å²) in [7, 11) is 0. The van der Waals surface area contributed by atoms with Gasteiger partial charge in [0, 0.05) is 23.0 Å². The second-order valence-corrected chi connectivity index (χ2v) is 4.43. The van der Waals surface area contributed by atoms with Crippen molar-refractivity contribution in [1.82, 2.24) is 0 Å². The third kappa shape index (κ3) is 6.60. The highest BCUT2D eigenvalue weighted by atomic mass is 32.2. The molecule has 2 rings (SSSR count). The fourth-order valence-electron chi connectivity index (χ4n) is 1.01. The van der Waals surface area contributed by atoms with Crippen LogP contribution in [0.1, 0.15) is 17.3 Å². The second kappa shape index (κ2) is 9.68. The van der Waals surface area contributed by atoms with Crippen molar-refractivity contribution in [2.24, 2.45) is 5.92 Å². The van der Waals surface area contributed by atoms with Crippen molar-refractivity contribution < 1.29 is 9.59 Å². The van der Waals surface area contributed by atoms with Gasteiger partial charge in [-0.05, 0) is 6.92 Å². The molecule has 0 radical (unpaired) electrons. The van der Waals surface area contributed by atoms with Gasteiger partial charge in [0.15, 0.2) is 5.78 Å². The van der Waals surface area contributed by atoms with E-state index >= 15 is 0 Å². The number of carbonyl (C=O) groups is 2. The van der Waals surface area contributed by atoms with Gasteiger partial charge < -0.3 is 4.79 Å². The van der Waals surface area contributed by atoms with Crippen LogP contribution in [0.3, 0.4) is 0 Å². The second-order valence-electron chi connectivity index (χ2n) is 3.36. The molecule has 0 spiro atoms. The van der Waals surface area contributed by atoms with Gasteiger partial charge in [-0.15, -0.1) is 12.8 Å². The Kier molecular flexibility index (Phi) is 8.81. The molecule has 1 aromatic carbocycles. The molecule has 0 aromatic heterocycles. The fraction of sp³-hybridized carbons (Fsp3) is 0.286. The number of benzene rings is 1. The summed E-state index contributed by atoms with van der Waals surface area (Å²) in [4.78, 5) is 20.4. The van der Waals surface area contributed by atoms with Crippen LogP contribution in [0, 0.1) is 18.8 Å². The molecule has 0 aliphatic carbocycles. The van der Waals surface area contributed by atoms with Gasteiger partial charge in [-0.1, -0.05) is 30.3 Å². The number of Topliss-reactive ketones (excluding diaryl/α,β-unsaturated/α-hetero) is 1. The fourth-order valence-corrected chi connectivity index (χ4v) is 1.67. The Balaban J connectivity index is 0.000000278. The largest absolute Gasteiger partial charge is 0.303 e. The first-order chi connectivity index (χ1) is 8.24. The van der Waals surface area contributed by atoms with Crippen molar-refractivity contribution >= 4 is 23.8 Å². The van der Waals surface area contributed by atoms with Gasteiger partial charge in [0.1, 0.15) is 6.29 Å². The summed E-state index contributed by atoms with van der Waals surface area (Å²) in [6.45, 7) is 1.56.